The molecule has 0 N–H and O–H groups in total. The normalized spacial score (nSPS) is 32.3. The molecule has 0 saturated carbocycles. The number of likely N-dealkylation sites (tertiary alicyclic amines) is 1. The maximum atomic E-state index is 13.4. The van der Waals surface area contributed by atoms with E-state index >= 15 is 0 Å². The van der Waals surface area contributed by atoms with Gasteiger partial charge in [0.05, 0.1) is 31.0 Å². The standard InChI is InChI=1S/C23H27N3O4/c1-3-24-9-10-25(13-18(24)27)21(28)19-17-7-8-23(30-17)14-26(22(29)20(19)23)12-16-6-4-5-15(2)11-16/h4-8,11,17,19-20H,3,9-10,12-14H2,1-2H3/t17-,19?,20?,23-/m0/s1. The fourth-order valence-electron chi connectivity index (χ4n) is 5.47. The Morgan fingerprint density at radius 3 is 2.80 bits per heavy atom. The van der Waals surface area contributed by atoms with Crippen molar-refractivity contribution in [1.29, 1.82) is 0 Å². The van der Waals surface area contributed by atoms with Crippen molar-refractivity contribution in [1.82, 2.24) is 14.7 Å². The molecular formula is C23H27N3O4. The van der Waals surface area contributed by atoms with Crippen molar-refractivity contribution in [3.05, 3.63) is 47.5 Å². The van der Waals surface area contributed by atoms with Gasteiger partial charge in [-0.05, 0) is 19.4 Å². The lowest BCUT2D eigenvalue weighted by Crippen LogP contribution is -2.55. The maximum absolute atomic E-state index is 13.4. The van der Waals surface area contributed by atoms with E-state index in [0.29, 0.717) is 32.7 Å². The predicted molar refractivity (Wildman–Crippen MR) is 109 cm³/mol. The van der Waals surface area contributed by atoms with Crippen LogP contribution in [0.3, 0.4) is 0 Å². The third-order valence-electron chi connectivity index (χ3n) is 6.93. The molecular weight excluding hydrogens is 382 g/mol. The summed E-state index contributed by atoms with van der Waals surface area (Å²) in [6, 6.07) is 8.12. The lowest BCUT2D eigenvalue weighted by atomic mass is 9.76. The highest BCUT2D eigenvalue weighted by molar-refractivity contribution is 5.94. The Balaban J connectivity index is 1.36. The highest BCUT2D eigenvalue weighted by Gasteiger charge is 2.67. The van der Waals surface area contributed by atoms with Crippen LogP contribution in [-0.2, 0) is 25.7 Å². The largest absolute Gasteiger partial charge is 0.360 e. The topological polar surface area (TPSA) is 70.2 Å². The number of hydrogen-bond donors (Lipinski definition) is 0. The van der Waals surface area contributed by atoms with E-state index in [1.807, 2.05) is 49.1 Å². The van der Waals surface area contributed by atoms with Crippen molar-refractivity contribution >= 4 is 17.7 Å². The van der Waals surface area contributed by atoms with E-state index in [1.165, 1.54) is 0 Å². The van der Waals surface area contributed by atoms with Gasteiger partial charge >= 0.3 is 0 Å². The molecule has 2 unspecified atom stereocenters. The number of rotatable bonds is 4. The summed E-state index contributed by atoms with van der Waals surface area (Å²) in [7, 11) is 0. The number of nitrogens with zero attached hydrogens (tertiary/aromatic N) is 3. The SMILES string of the molecule is CCN1CCN(C(=O)C2C3C(=O)N(Cc4cccc(C)c4)C[C@@]34C=C[C@@H]2O4)CC1=O. The van der Waals surface area contributed by atoms with Crippen LogP contribution in [0.25, 0.3) is 0 Å². The number of benzene rings is 1. The van der Waals surface area contributed by atoms with E-state index in [9.17, 15) is 14.4 Å². The van der Waals surface area contributed by atoms with Gasteiger partial charge in [0.15, 0.2) is 0 Å². The molecule has 1 aromatic carbocycles. The second kappa shape index (κ2) is 6.94. The first-order valence-electron chi connectivity index (χ1n) is 10.7. The number of likely N-dealkylation sites (N-methyl/N-ethyl adjacent to an activating group) is 1. The molecule has 1 spiro atoms. The Hall–Kier alpha value is -2.67. The molecule has 4 aliphatic rings. The summed E-state index contributed by atoms with van der Waals surface area (Å²) in [6.07, 6.45) is 3.51. The predicted octanol–water partition coefficient (Wildman–Crippen LogP) is 0.968. The van der Waals surface area contributed by atoms with Gasteiger partial charge < -0.3 is 19.4 Å². The van der Waals surface area contributed by atoms with Crippen LogP contribution in [0.4, 0.5) is 0 Å². The van der Waals surface area contributed by atoms with Gasteiger partial charge in [-0.15, -0.1) is 0 Å². The van der Waals surface area contributed by atoms with Crippen LogP contribution in [-0.4, -0.2) is 76.9 Å². The highest BCUT2D eigenvalue weighted by Crippen LogP contribution is 2.52. The number of hydrogen-bond acceptors (Lipinski definition) is 4. The van der Waals surface area contributed by atoms with Gasteiger partial charge in [-0.3, -0.25) is 14.4 Å². The van der Waals surface area contributed by atoms with Gasteiger partial charge in [0, 0.05) is 26.2 Å². The molecule has 0 aliphatic carbocycles. The van der Waals surface area contributed by atoms with Crippen molar-refractivity contribution in [2.24, 2.45) is 11.8 Å². The molecule has 7 nitrogen and oxygen atoms in total. The van der Waals surface area contributed by atoms with Crippen LogP contribution in [0.15, 0.2) is 36.4 Å². The summed E-state index contributed by atoms with van der Waals surface area (Å²) in [5, 5.41) is 0. The zero-order chi connectivity index (χ0) is 21.0. The van der Waals surface area contributed by atoms with Crippen LogP contribution < -0.4 is 0 Å². The van der Waals surface area contributed by atoms with Gasteiger partial charge in [-0.2, -0.15) is 0 Å². The molecule has 3 fully saturated rings. The quantitative estimate of drug-likeness (QED) is 0.695. The fourth-order valence-corrected chi connectivity index (χ4v) is 5.47. The lowest BCUT2D eigenvalue weighted by molar-refractivity contribution is -0.150. The second-order valence-corrected chi connectivity index (χ2v) is 8.82. The van der Waals surface area contributed by atoms with Gasteiger partial charge in [0.2, 0.25) is 17.7 Å². The average Bonchev–Trinajstić information content (AvgIpc) is 3.36. The highest BCUT2D eigenvalue weighted by atomic mass is 16.5. The molecule has 2 bridgehead atoms. The first kappa shape index (κ1) is 19.3. The summed E-state index contributed by atoms with van der Waals surface area (Å²) in [4.78, 5) is 44.3. The van der Waals surface area contributed by atoms with E-state index < -0.39 is 17.4 Å². The summed E-state index contributed by atoms with van der Waals surface area (Å²) in [6.45, 7) is 6.72. The number of aryl methyl sites for hydroxylation is 1. The average molecular weight is 409 g/mol. The molecule has 0 aromatic heterocycles. The molecule has 0 radical (unpaired) electrons. The van der Waals surface area contributed by atoms with E-state index in [-0.39, 0.29) is 30.4 Å². The van der Waals surface area contributed by atoms with Crippen molar-refractivity contribution in [2.75, 3.05) is 32.7 Å². The molecule has 158 valence electrons. The molecule has 3 amide bonds. The van der Waals surface area contributed by atoms with E-state index in [4.69, 9.17) is 4.74 Å². The van der Waals surface area contributed by atoms with Gasteiger partial charge in [-0.25, -0.2) is 0 Å². The van der Waals surface area contributed by atoms with Crippen LogP contribution in [0.1, 0.15) is 18.1 Å². The number of ether oxygens (including phenoxy) is 1. The van der Waals surface area contributed by atoms with Crippen molar-refractivity contribution in [3.8, 4) is 0 Å². The molecule has 4 aliphatic heterocycles. The molecule has 30 heavy (non-hydrogen) atoms. The fraction of sp³-hybridized carbons (Fsp3) is 0.522. The molecule has 4 atom stereocenters. The first-order chi connectivity index (χ1) is 14.4. The zero-order valence-corrected chi connectivity index (χ0v) is 17.4. The summed E-state index contributed by atoms with van der Waals surface area (Å²) < 4.78 is 6.22. The Morgan fingerprint density at radius 1 is 1.23 bits per heavy atom. The molecule has 5 rings (SSSR count). The molecule has 4 heterocycles. The first-order valence-corrected chi connectivity index (χ1v) is 10.7. The minimum Gasteiger partial charge on any atom is -0.360 e. The Bertz CT molecular complexity index is 944. The van der Waals surface area contributed by atoms with E-state index in [1.54, 1.807) is 9.80 Å². The Labute approximate surface area is 176 Å². The minimum atomic E-state index is -0.721. The molecule has 7 heteroatoms. The van der Waals surface area contributed by atoms with Gasteiger partial charge in [-0.1, -0.05) is 42.0 Å². The minimum absolute atomic E-state index is 0.0276. The smallest absolute Gasteiger partial charge is 0.242 e. The number of fused-ring (bicyclic) bond motifs is 1. The van der Waals surface area contributed by atoms with E-state index in [0.717, 1.165) is 11.1 Å². The third kappa shape index (κ3) is 2.87. The number of amides is 3. The van der Waals surface area contributed by atoms with Crippen LogP contribution in [0.5, 0.6) is 0 Å². The molecule has 3 saturated heterocycles. The van der Waals surface area contributed by atoms with Crippen LogP contribution >= 0.6 is 0 Å². The maximum Gasteiger partial charge on any atom is 0.242 e. The molecule has 1 aromatic rings. The summed E-state index contributed by atoms with van der Waals surface area (Å²) in [5.74, 6) is -1.26. The third-order valence-corrected chi connectivity index (χ3v) is 6.93. The monoisotopic (exact) mass is 409 g/mol. The Kier molecular flexibility index (Phi) is 4.47. The van der Waals surface area contributed by atoms with Crippen molar-refractivity contribution in [2.45, 2.75) is 32.1 Å². The number of carbonyl (C=O) groups excluding carboxylic acids is 3. The zero-order valence-electron chi connectivity index (χ0n) is 17.4. The van der Waals surface area contributed by atoms with Gasteiger partial charge in [0.1, 0.15) is 5.60 Å². The van der Waals surface area contributed by atoms with Crippen molar-refractivity contribution in [3.63, 3.8) is 0 Å². The number of carbonyl (C=O) groups is 3. The Morgan fingerprint density at radius 2 is 2.07 bits per heavy atom. The summed E-state index contributed by atoms with van der Waals surface area (Å²) >= 11 is 0. The lowest BCUT2D eigenvalue weighted by Gasteiger charge is -2.36. The van der Waals surface area contributed by atoms with Crippen LogP contribution in [0.2, 0.25) is 0 Å². The van der Waals surface area contributed by atoms with E-state index in [2.05, 4.69) is 6.07 Å². The number of piperazine rings is 1. The second-order valence-electron chi connectivity index (χ2n) is 8.82. The summed E-state index contributed by atoms with van der Waals surface area (Å²) in [5.41, 5.74) is 1.50. The van der Waals surface area contributed by atoms with Crippen LogP contribution in [0, 0.1) is 18.8 Å². The van der Waals surface area contributed by atoms with Gasteiger partial charge in [0.25, 0.3) is 0 Å². The van der Waals surface area contributed by atoms with Crippen molar-refractivity contribution < 1.29 is 19.1 Å².